The highest BCUT2D eigenvalue weighted by molar-refractivity contribution is 9.10. The maximum Gasteiger partial charge on any atom is 0.270 e. The lowest BCUT2D eigenvalue weighted by Gasteiger charge is -2.23. The van der Waals surface area contributed by atoms with Gasteiger partial charge in [-0.1, -0.05) is 15.9 Å². The van der Waals surface area contributed by atoms with Crippen LogP contribution in [0.15, 0.2) is 22.7 Å². The van der Waals surface area contributed by atoms with Gasteiger partial charge in [0, 0.05) is 29.2 Å². The first kappa shape index (κ1) is 13.5. The number of hydrogen-bond acceptors (Lipinski definition) is 4. The zero-order valence-corrected chi connectivity index (χ0v) is 11.5. The molecule has 1 aromatic rings. The van der Waals surface area contributed by atoms with Crippen molar-refractivity contribution in [2.24, 2.45) is 0 Å². The summed E-state index contributed by atoms with van der Waals surface area (Å²) < 4.78 is 0.750. The molecule has 2 rings (SSSR count). The molecule has 0 saturated carbocycles. The summed E-state index contributed by atoms with van der Waals surface area (Å²) in [6.45, 7) is 1.85. The van der Waals surface area contributed by atoms with Gasteiger partial charge in [0.25, 0.3) is 5.69 Å². The van der Waals surface area contributed by atoms with Gasteiger partial charge in [-0.15, -0.1) is 0 Å². The number of rotatable bonds is 4. The molecular formula is C12H15BrN2O3. The minimum absolute atomic E-state index is 0.0887. The first-order valence-corrected chi connectivity index (χ1v) is 6.69. The number of nitro benzene ring substituents is 1. The Morgan fingerprint density at radius 3 is 2.94 bits per heavy atom. The maximum absolute atomic E-state index is 10.6. The molecule has 0 aliphatic carbocycles. The molecule has 1 aliphatic heterocycles. The van der Waals surface area contributed by atoms with Gasteiger partial charge in [0.2, 0.25) is 0 Å². The summed E-state index contributed by atoms with van der Waals surface area (Å²) in [5.74, 6) is 0. The summed E-state index contributed by atoms with van der Waals surface area (Å²) in [4.78, 5) is 12.5. The summed E-state index contributed by atoms with van der Waals surface area (Å²) in [5.41, 5.74) is 1.10. The van der Waals surface area contributed by atoms with Crippen LogP contribution in [0.2, 0.25) is 0 Å². The van der Waals surface area contributed by atoms with Crippen molar-refractivity contribution in [2.75, 3.05) is 13.2 Å². The fraction of sp³-hybridized carbons (Fsp3) is 0.500. The first-order chi connectivity index (χ1) is 8.61. The molecule has 5 nitrogen and oxygen atoms in total. The minimum Gasteiger partial charge on any atom is -0.395 e. The van der Waals surface area contributed by atoms with E-state index < -0.39 is 4.92 Å². The second-order valence-electron chi connectivity index (χ2n) is 4.48. The molecule has 0 spiro atoms. The van der Waals surface area contributed by atoms with Crippen molar-refractivity contribution in [2.45, 2.75) is 25.4 Å². The van der Waals surface area contributed by atoms with Crippen LogP contribution in [0.1, 0.15) is 18.4 Å². The van der Waals surface area contributed by atoms with E-state index in [1.165, 1.54) is 12.1 Å². The van der Waals surface area contributed by atoms with Gasteiger partial charge in [0.15, 0.2) is 0 Å². The summed E-state index contributed by atoms with van der Waals surface area (Å²) in [6, 6.07) is 5.03. The van der Waals surface area contributed by atoms with E-state index in [-0.39, 0.29) is 18.3 Å². The van der Waals surface area contributed by atoms with E-state index in [1.807, 2.05) is 0 Å². The number of nitro groups is 1. The Kier molecular flexibility index (Phi) is 4.31. The van der Waals surface area contributed by atoms with Crippen molar-refractivity contribution in [1.82, 2.24) is 4.90 Å². The third-order valence-electron chi connectivity index (χ3n) is 3.33. The third-order valence-corrected chi connectivity index (χ3v) is 4.07. The quantitative estimate of drug-likeness (QED) is 0.684. The minimum atomic E-state index is -0.402. The summed E-state index contributed by atoms with van der Waals surface area (Å²) in [6.07, 6.45) is 2.11. The van der Waals surface area contributed by atoms with Gasteiger partial charge in [-0.05, 0) is 31.0 Å². The van der Waals surface area contributed by atoms with Crippen LogP contribution >= 0.6 is 15.9 Å². The van der Waals surface area contributed by atoms with Crippen LogP contribution in [0.5, 0.6) is 0 Å². The number of nitrogens with zero attached hydrogens (tertiary/aromatic N) is 2. The molecular weight excluding hydrogens is 300 g/mol. The molecule has 1 N–H and O–H groups in total. The van der Waals surface area contributed by atoms with Gasteiger partial charge in [0.1, 0.15) is 0 Å². The second kappa shape index (κ2) is 5.77. The molecule has 1 heterocycles. The largest absolute Gasteiger partial charge is 0.395 e. The molecule has 1 aliphatic rings. The molecule has 1 fully saturated rings. The van der Waals surface area contributed by atoms with Crippen molar-refractivity contribution in [3.63, 3.8) is 0 Å². The number of aliphatic hydroxyl groups is 1. The van der Waals surface area contributed by atoms with Crippen LogP contribution in [0, 0.1) is 10.1 Å². The lowest BCUT2D eigenvalue weighted by atomic mass is 10.1. The van der Waals surface area contributed by atoms with E-state index in [1.54, 1.807) is 6.07 Å². The van der Waals surface area contributed by atoms with E-state index in [4.69, 9.17) is 0 Å². The summed E-state index contributed by atoms with van der Waals surface area (Å²) >= 11 is 3.37. The van der Waals surface area contributed by atoms with E-state index in [0.29, 0.717) is 6.54 Å². The van der Waals surface area contributed by atoms with Crippen molar-refractivity contribution < 1.29 is 10.0 Å². The fourth-order valence-electron chi connectivity index (χ4n) is 2.31. The number of non-ortho nitro benzene ring substituents is 1. The normalized spacial score (nSPS) is 20.2. The van der Waals surface area contributed by atoms with Crippen LogP contribution in [-0.4, -0.2) is 34.1 Å². The zero-order chi connectivity index (χ0) is 13.1. The van der Waals surface area contributed by atoms with Gasteiger partial charge in [0.05, 0.1) is 11.5 Å². The number of hydrogen-bond donors (Lipinski definition) is 1. The highest BCUT2D eigenvalue weighted by Crippen LogP contribution is 2.26. The molecule has 1 saturated heterocycles. The van der Waals surface area contributed by atoms with Crippen LogP contribution in [-0.2, 0) is 6.54 Å². The topological polar surface area (TPSA) is 66.6 Å². The van der Waals surface area contributed by atoms with Crippen LogP contribution in [0.3, 0.4) is 0 Å². The maximum atomic E-state index is 10.6. The Bertz CT molecular complexity index is 453. The first-order valence-electron chi connectivity index (χ1n) is 5.89. The zero-order valence-electron chi connectivity index (χ0n) is 9.88. The van der Waals surface area contributed by atoms with E-state index in [2.05, 4.69) is 20.8 Å². The number of aliphatic hydroxyl groups excluding tert-OH is 1. The van der Waals surface area contributed by atoms with E-state index in [9.17, 15) is 15.2 Å². The van der Waals surface area contributed by atoms with E-state index >= 15 is 0 Å². The Morgan fingerprint density at radius 2 is 2.33 bits per heavy atom. The molecule has 0 unspecified atom stereocenters. The molecule has 1 aromatic carbocycles. The molecule has 1 atom stereocenters. The average molecular weight is 315 g/mol. The Labute approximate surface area is 114 Å². The number of halogens is 1. The SMILES string of the molecule is O=[N+]([O-])c1ccc(CN2CCC[C@@H]2CO)c(Br)c1. The average Bonchev–Trinajstić information content (AvgIpc) is 2.78. The molecule has 0 amide bonds. The van der Waals surface area contributed by atoms with E-state index in [0.717, 1.165) is 29.4 Å². The second-order valence-corrected chi connectivity index (χ2v) is 5.34. The summed E-state index contributed by atoms with van der Waals surface area (Å²) in [7, 11) is 0. The lowest BCUT2D eigenvalue weighted by Crippen LogP contribution is -2.31. The molecule has 18 heavy (non-hydrogen) atoms. The predicted molar refractivity (Wildman–Crippen MR) is 71.3 cm³/mol. The summed E-state index contributed by atoms with van der Waals surface area (Å²) in [5, 5.41) is 19.9. The monoisotopic (exact) mass is 314 g/mol. The van der Waals surface area contributed by atoms with Gasteiger partial charge in [-0.2, -0.15) is 0 Å². The third kappa shape index (κ3) is 2.88. The molecule has 0 radical (unpaired) electrons. The van der Waals surface area contributed by atoms with Gasteiger partial charge < -0.3 is 5.11 Å². The molecule has 0 aromatic heterocycles. The predicted octanol–water partition coefficient (Wildman–Crippen LogP) is 2.31. The fourth-order valence-corrected chi connectivity index (χ4v) is 2.80. The van der Waals surface area contributed by atoms with Crippen LogP contribution in [0.4, 0.5) is 5.69 Å². The highest BCUT2D eigenvalue weighted by atomic mass is 79.9. The Balaban J connectivity index is 2.12. The number of likely N-dealkylation sites (tertiary alicyclic amines) is 1. The van der Waals surface area contributed by atoms with Crippen molar-refractivity contribution >= 4 is 21.6 Å². The smallest absolute Gasteiger partial charge is 0.270 e. The van der Waals surface area contributed by atoms with Crippen LogP contribution < -0.4 is 0 Å². The lowest BCUT2D eigenvalue weighted by molar-refractivity contribution is -0.384. The standard InChI is InChI=1S/C12H15BrN2O3/c13-12-6-10(15(17)18)4-3-9(12)7-14-5-1-2-11(14)8-16/h3-4,6,11,16H,1-2,5,7-8H2/t11-/m1/s1. The Morgan fingerprint density at radius 1 is 1.56 bits per heavy atom. The molecule has 98 valence electrons. The van der Waals surface area contributed by atoms with Gasteiger partial charge >= 0.3 is 0 Å². The molecule has 0 bridgehead atoms. The Hall–Kier alpha value is -0.980. The van der Waals surface area contributed by atoms with Crippen molar-refractivity contribution in [1.29, 1.82) is 0 Å². The molecule has 6 heteroatoms. The van der Waals surface area contributed by atoms with Gasteiger partial charge in [-0.3, -0.25) is 15.0 Å². The van der Waals surface area contributed by atoms with Crippen molar-refractivity contribution in [3.05, 3.63) is 38.3 Å². The van der Waals surface area contributed by atoms with Crippen LogP contribution in [0.25, 0.3) is 0 Å². The van der Waals surface area contributed by atoms with Crippen molar-refractivity contribution in [3.8, 4) is 0 Å². The highest BCUT2D eigenvalue weighted by Gasteiger charge is 2.24. The number of benzene rings is 1. The van der Waals surface area contributed by atoms with Gasteiger partial charge in [-0.25, -0.2) is 0 Å².